The number of aliphatic hydroxyl groups excluding tert-OH is 4. The fraction of sp³-hybridized carbons (Fsp3) is 0.588. The number of aliphatic hydroxyl groups is 4. The fourth-order valence-electron chi connectivity index (χ4n) is 6.49. The summed E-state index contributed by atoms with van der Waals surface area (Å²) in [5, 5.41) is 41.2. The second-order valence-corrected chi connectivity index (χ2v) is 19.1. The molecule has 7 N–H and O–H groups in total. The summed E-state index contributed by atoms with van der Waals surface area (Å²) in [5.41, 5.74) is 0. The van der Waals surface area contributed by atoms with Crippen LogP contribution in [0.3, 0.4) is 0 Å². The number of hydrogen-bond acceptors (Lipinski definition) is 14. The Morgan fingerprint density at radius 2 is 0.971 bits per heavy atom. The second kappa shape index (κ2) is 39.9. The molecule has 0 amide bonds. The number of hydrogen-bond donors (Lipinski definition) is 7. The number of carbonyl (C=O) groups excluding carboxylic acids is 3. The quantitative estimate of drug-likeness (QED) is 0.00756. The Morgan fingerprint density at radius 1 is 0.500 bits per heavy atom. The summed E-state index contributed by atoms with van der Waals surface area (Å²) in [6, 6.07) is 0. The van der Waals surface area contributed by atoms with Gasteiger partial charge in [0.2, 0.25) is 0 Å². The second-order valence-electron chi connectivity index (χ2n) is 16.5. The van der Waals surface area contributed by atoms with Crippen molar-refractivity contribution in [2.45, 2.75) is 179 Å². The van der Waals surface area contributed by atoms with Gasteiger partial charge in [0.15, 0.2) is 11.9 Å². The zero-order valence-electron chi connectivity index (χ0n) is 40.9. The van der Waals surface area contributed by atoms with Crippen LogP contribution in [-0.4, -0.2) is 109 Å². The number of allylic oxidation sites excluding steroid dienone is 18. The first-order valence-corrected chi connectivity index (χ1v) is 27.4. The smallest absolute Gasteiger partial charge is 0.462 e. The van der Waals surface area contributed by atoms with Gasteiger partial charge in [-0.05, 0) is 83.1 Å². The van der Waals surface area contributed by atoms with Crippen LogP contribution in [0.15, 0.2) is 109 Å². The van der Waals surface area contributed by atoms with Gasteiger partial charge in [0, 0.05) is 19.3 Å². The SMILES string of the molecule is CCCCC/C=C\C/C=C\C/C=C\C=C\C(=O)CCCC(=O)O[C@H](COC(=O)CC/C=C\C/C=C\C/C=C\C/C=C\C/C=C\CCCCC)COP(=O)(O)O[C@H]1C(O)C(O)C(O)[C@@H](OP(=O)(O)O)C1O. The van der Waals surface area contributed by atoms with Gasteiger partial charge in [-0.2, -0.15) is 0 Å². The number of esters is 2. The van der Waals surface area contributed by atoms with Crippen LogP contribution in [0.25, 0.3) is 0 Å². The number of ether oxygens (including phenoxy) is 2. The zero-order chi connectivity index (χ0) is 51.9. The van der Waals surface area contributed by atoms with Crippen molar-refractivity contribution >= 4 is 33.4 Å². The van der Waals surface area contributed by atoms with E-state index < -0.39 is 83.5 Å². The van der Waals surface area contributed by atoms with Crippen LogP contribution in [0.4, 0.5) is 0 Å². The van der Waals surface area contributed by atoms with Crippen molar-refractivity contribution in [3.8, 4) is 0 Å². The number of carbonyl (C=O) groups is 3. The van der Waals surface area contributed by atoms with Gasteiger partial charge in [0.25, 0.3) is 0 Å². The fourth-order valence-corrected chi connectivity index (χ4v) is 8.03. The molecule has 1 aliphatic carbocycles. The van der Waals surface area contributed by atoms with Gasteiger partial charge in [0.1, 0.15) is 43.2 Å². The molecule has 396 valence electrons. The molecule has 0 aromatic carbocycles. The van der Waals surface area contributed by atoms with E-state index in [9.17, 15) is 58.6 Å². The van der Waals surface area contributed by atoms with Crippen LogP contribution in [0.1, 0.15) is 136 Å². The monoisotopic (exact) mass is 1030 g/mol. The van der Waals surface area contributed by atoms with Gasteiger partial charge in [0.05, 0.1) is 6.61 Å². The predicted octanol–water partition coefficient (Wildman–Crippen LogP) is 8.91. The van der Waals surface area contributed by atoms with Crippen molar-refractivity contribution in [3.05, 3.63) is 109 Å². The van der Waals surface area contributed by atoms with Crippen LogP contribution in [0.2, 0.25) is 0 Å². The lowest BCUT2D eigenvalue weighted by atomic mass is 9.85. The van der Waals surface area contributed by atoms with Crippen molar-refractivity contribution in [2.75, 3.05) is 13.2 Å². The molecule has 1 rings (SSSR count). The summed E-state index contributed by atoms with van der Waals surface area (Å²) >= 11 is 0. The van der Waals surface area contributed by atoms with E-state index in [0.29, 0.717) is 19.3 Å². The molecule has 0 radical (unpaired) electrons. The summed E-state index contributed by atoms with van der Waals surface area (Å²) in [7, 11) is -10.8. The highest BCUT2D eigenvalue weighted by Crippen LogP contribution is 2.49. The normalized spacial score (nSPS) is 21.8. The van der Waals surface area contributed by atoms with Gasteiger partial charge in [-0.25, -0.2) is 9.13 Å². The average molecular weight is 1030 g/mol. The third-order valence-corrected chi connectivity index (χ3v) is 11.8. The number of rotatable bonds is 39. The lowest BCUT2D eigenvalue weighted by molar-refractivity contribution is -0.216. The maximum atomic E-state index is 13.0. The summed E-state index contributed by atoms with van der Waals surface area (Å²) in [6.45, 7) is 2.77. The van der Waals surface area contributed by atoms with E-state index in [1.807, 2.05) is 30.4 Å². The highest BCUT2D eigenvalue weighted by atomic mass is 31.2. The van der Waals surface area contributed by atoms with Crippen molar-refractivity contribution in [1.29, 1.82) is 0 Å². The number of phosphoric ester groups is 2. The Bertz CT molecular complexity index is 1830. The van der Waals surface area contributed by atoms with E-state index in [4.69, 9.17) is 18.5 Å². The van der Waals surface area contributed by atoms with Crippen LogP contribution in [-0.2, 0) is 46.6 Å². The molecule has 1 saturated carbocycles. The van der Waals surface area contributed by atoms with Gasteiger partial charge in [-0.3, -0.25) is 28.0 Å². The van der Waals surface area contributed by atoms with Crippen LogP contribution in [0, 0.1) is 0 Å². The van der Waals surface area contributed by atoms with Crippen molar-refractivity contribution in [2.24, 2.45) is 0 Å². The van der Waals surface area contributed by atoms with Gasteiger partial charge in [-0.1, -0.05) is 143 Å². The van der Waals surface area contributed by atoms with Crippen LogP contribution < -0.4 is 0 Å². The molecule has 0 spiro atoms. The van der Waals surface area contributed by atoms with Gasteiger partial charge < -0.3 is 44.6 Å². The molecular formula is C51H80O17P2. The maximum Gasteiger partial charge on any atom is 0.472 e. The summed E-state index contributed by atoms with van der Waals surface area (Å²) < 4.78 is 49.1. The first-order chi connectivity index (χ1) is 33.5. The minimum Gasteiger partial charge on any atom is -0.462 e. The third-order valence-electron chi connectivity index (χ3n) is 10.3. The highest BCUT2D eigenvalue weighted by molar-refractivity contribution is 7.47. The van der Waals surface area contributed by atoms with E-state index in [-0.39, 0.29) is 31.5 Å². The average Bonchev–Trinajstić information content (AvgIpc) is 3.31. The summed E-state index contributed by atoms with van der Waals surface area (Å²) in [6.07, 6.45) is 34.8. The molecule has 0 saturated heterocycles. The van der Waals surface area contributed by atoms with E-state index in [2.05, 4.69) is 73.1 Å². The molecule has 5 unspecified atom stereocenters. The lowest BCUT2D eigenvalue weighted by Crippen LogP contribution is -2.64. The lowest BCUT2D eigenvalue weighted by Gasteiger charge is -2.43. The first kappa shape index (κ1) is 64.3. The van der Waals surface area contributed by atoms with E-state index in [1.54, 1.807) is 18.2 Å². The molecule has 1 aliphatic rings. The third kappa shape index (κ3) is 33.8. The molecule has 0 aromatic heterocycles. The minimum absolute atomic E-state index is 0.00495. The van der Waals surface area contributed by atoms with E-state index in [0.717, 1.165) is 38.5 Å². The van der Waals surface area contributed by atoms with Crippen LogP contribution in [0.5, 0.6) is 0 Å². The maximum absolute atomic E-state index is 13.0. The van der Waals surface area contributed by atoms with Gasteiger partial charge >= 0.3 is 27.6 Å². The molecule has 70 heavy (non-hydrogen) atoms. The molecule has 0 aromatic rings. The molecule has 0 heterocycles. The Morgan fingerprint density at radius 3 is 1.47 bits per heavy atom. The van der Waals surface area contributed by atoms with Crippen molar-refractivity contribution in [3.63, 3.8) is 0 Å². The van der Waals surface area contributed by atoms with Gasteiger partial charge in [-0.15, -0.1) is 0 Å². The standard InChI is InChI=1S/C51H80O17P2/c1-3-5-7-9-11-13-15-17-18-19-20-21-22-24-26-28-30-32-34-38-44(53)64-40-43(41-65-70(62,63)68-51-48(57)46(55)47(56)50(49(51)58)67-69(59,60)61)66-45(54)39-35-37-42(52)36-33-31-29-27-25-23-16-14-12-10-8-6-4-2/h11-14,17-18,20-21,23-26,29-33,36,43,46-51,55-58H,3-10,15-16,19,22,27-28,34-35,37-41H2,1-2H3,(H,62,63)(H2,59,60,61)/b13-11-,14-12-,18-17-,21-20-,25-23-,26-24-,31-29-,32-30-,36-33+/t43-,46?,47?,48?,49?,50-,51+/m1/s1. The van der Waals surface area contributed by atoms with Crippen molar-refractivity contribution < 1.29 is 81.7 Å². The molecule has 1 fully saturated rings. The molecule has 0 bridgehead atoms. The number of ketones is 1. The van der Waals surface area contributed by atoms with E-state index in [1.165, 1.54) is 44.6 Å². The minimum atomic E-state index is -5.40. The molecule has 17 nitrogen and oxygen atoms in total. The topological polar surface area (TPSA) is 273 Å². The molecule has 8 atom stereocenters. The van der Waals surface area contributed by atoms with E-state index >= 15 is 0 Å². The number of unbranched alkanes of at least 4 members (excludes halogenated alkanes) is 6. The predicted molar refractivity (Wildman–Crippen MR) is 269 cm³/mol. The molecule has 19 heteroatoms. The van der Waals surface area contributed by atoms with Crippen LogP contribution >= 0.6 is 15.6 Å². The van der Waals surface area contributed by atoms with Crippen molar-refractivity contribution in [1.82, 2.24) is 0 Å². The highest BCUT2D eigenvalue weighted by Gasteiger charge is 2.54. The Kier molecular flexibility index (Phi) is 36.7. The Labute approximate surface area is 414 Å². The zero-order valence-corrected chi connectivity index (χ0v) is 42.7. The molecule has 0 aliphatic heterocycles. The largest absolute Gasteiger partial charge is 0.472 e. The Balaban J connectivity index is 2.73. The molecular weight excluding hydrogens is 946 g/mol. The first-order valence-electron chi connectivity index (χ1n) is 24.4. The summed E-state index contributed by atoms with van der Waals surface area (Å²) in [4.78, 5) is 66.6. The number of phosphoric acid groups is 2. The summed E-state index contributed by atoms with van der Waals surface area (Å²) in [5.74, 6) is -1.82. The Hall–Kier alpha value is -3.67.